The Balaban J connectivity index is 2.19. The largest absolute Gasteiger partial charge is 0.366 e. The Kier molecular flexibility index (Phi) is 3.86. The standard InChI is InChI=1S/C13H15ClN2S/c1-10-13(9-15,7-2-8-17-10)16-12-5-3-11(14)4-6-12/h3-6,10,16H,2,7-8H2,1H3. The minimum atomic E-state index is -0.448. The Morgan fingerprint density at radius 2 is 2.18 bits per heavy atom. The van der Waals surface area contributed by atoms with Gasteiger partial charge in [-0.15, -0.1) is 0 Å². The van der Waals surface area contributed by atoms with Crippen molar-refractivity contribution in [3.8, 4) is 6.07 Å². The molecule has 2 atom stereocenters. The third-order valence-corrected chi connectivity index (χ3v) is 4.87. The maximum absolute atomic E-state index is 9.48. The highest BCUT2D eigenvalue weighted by atomic mass is 35.5. The monoisotopic (exact) mass is 266 g/mol. The van der Waals surface area contributed by atoms with E-state index in [0.717, 1.165) is 24.3 Å². The van der Waals surface area contributed by atoms with Crippen molar-refractivity contribution in [3.05, 3.63) is 29.3 Å². The van der Waals surface area contributed by atoms with Crippen molar-refractivity contribution in [2.75, 3.05) is 11.1 Å². The van der Waals surface area contributed by atoms with E-state index in [9.17, 15) is 5.26 Å². The minimum absolute atomic E-state index is 0.303. The summed E-state index contributed by atoms with van der Waals surface area (Å²) in [5.74, 6) is 1.15. The number of anilines is 1. The molecule has 2 nitrogen and oxygen atoms in total. The fourth-order valence-electron chi connectivity index (χ4n) is 2.09. The summed E-state index contributed by atoms with van der Waals surface area (Å²) in [7, 11) is 0. The Morgan fingerprint density at radius 1 is 1.47 bits per heavy atom. The van der Waals surface area contributed by atoms with E-state index in [0.29, 0.717) is 10.3 Å². The molecule has 2 rings (SSSR count). The van der Waals surface area contributed by atoms with E-state index in [2.05, 4.69) is 18.3 Å². The van der Waals surface area contributed by atoms with Gasteiger partial charge in [-0.3, -0.25) is 0 Å². The molecule has 4 heteroatoms. The molecule has 0 saturated carbocycles. The number of hydrogen-bond acceptors (Lipinski definition) is 3. The molecule has 0 radical (unpaired) electrons. The van der Waals surface area contributed by atoms with E-state index >= 15 is 0 Å². The Morgan fingerprint density at radius 3 is 2.76 bits per heavy atom. The Bertz CT molecular complexity index is 426. The van der Waals surface area contributed by atoms with Crippen molar-refractivity contribution in [1.82, 2.24) is 0 Å². The molecule has 2 unspecified atom stereocenters. The van der Waals surface area contributed by atoms with Crippen LogP contribution >= 0.6 is 23.4 Å². The van der Waals surface area contributed by atoms with Crippen LogP contribution in [0.3, 0.4) is 0 Å². The highest BCUT2D eigenvalue weighted by Crippen LogP contribution is 2.36. The lowest BCUT2D eigenvalue weighted by molar-refractivity contribution is 0.513. The van der Waals surface area contributed by atoms with Crippen molar-refractivity contribution in [1.29, 1.82) is 5.26 Å². The van der Waals surface area contributed by atoms with Crippen LogP contribution in [0.15, 0.2) is 24.3 Å². The zero-order chi connectivity index (χ0) is 12.3. The lowest BCUT2D eigenvalue weighted by Crippen LogP contribution is -2.47. The summed E-state index contributed by atoms with van der Waals surface area (Å²) >= 11 is 7.72. The van der Waals surface area contributed by atoms with Crippen LogP contribution in [0, 0.1) is 11.3 Å². The zero-order valence-corrected chi connectivity index (χ0v) is 11.3. The molecule has 90 valence electrons. The number of benzene rings is 1. The molecule has 1 aromatic carbocycles. The van der Waals surface area contributed by atoms with E-state index in [-0.39, 0.29) is 0 Å². The predicted molar refractivity (Wildman–Crippen MR) is 74.6 cm³/mol. The molecular weight excluding hydrogens is 252 g/mol. The Hall–Kier alpha value is -0.850. The maximum atomic E-state index is 9.48. The fourth-order valence-corrected chi connectivity index (χ4v) is 3.39. The van der Waals surface area contributed by atoms with Crippen LogP contribution < -0.4 is 5.32 Å². The quantitative estimate of drug-likeness (QED) is 0.881. The van der Waals surface area contributed by atoms with Gasteiger partial charge in [-0.05, 0) is 49.8 Å². The number of hydrogen-bond donors (Lipinski definition) is 1. The predicted octanol–water partition coefficient (Wildman–Crippen LogP) is 3.93. The summed E-state index contributed by atoms with van der Waals surface area (Å²) in [6.45, 7) is 2.12. The molecule has 0 spiro atoms. The minimum Gasteiger partial charge on any atom is -0.366 e. The van der Waals surface area contributed by atoms with E-state index in [1.165, 1.54) is 0 Å². The second-order valence-corrected chi connectivity index (χ2v) is 6.22. The molecule has 0 bridgehead atoms. The van der Waals surface area contributed by atoms with Gasteiger partial charge < -0.3 is 5.32 Å². The van der Waals surface area contributed by atoms with Gasteiger partial charge in [0.05, 0.1) is 6.07 Å². The van der Waals surface area contributed by atoms with Gasteiger partial charge in [0, 0.05) is 16.0 Å². The van der Waals surface area contributed by atoms with Crippen LogP contribution in [-0.4, -0.2) is 16.5 Å². The number of nitriles is 1. The summed E-state index contributed by atoms with van der Waals surface area (Å²) in [6, 6.07) is 10.00. The van der Waals surface area contributed by atoms with Crippen LogP contribution in [0.1, 0.15) is 19.8 Å². The van der Waals surface area contributed by atoms with Crippen molar-refractivity contribution in [3.63, 3.8) is 0 Å². The van der Waals surface area contributed by atoms with Gasteiger partial charge >= 0.3 is 0 Å². The molecule has 1 heterocycles. The average Bonchev–Trinajstić information content (AvgIpc) is 2.35. The first-order valence-electron chi connectivity index (χ1n) is 5.73. The van der Waals surface area contributed by atoms with E-state index in [1.54, 1.807) is 0 Å². The maximum Gasteiger partial charge on any atom is 0.137 e. The Labute approximate surface area is 111 Å². The molecule has 17 heavy (non-hydrogen) atoms. The van der Waals surface area contributed by atoms with E-state index < -0.39 is 5.54 Å². The van der Waals surface area contributed by atoms with Crippen molar-refractivity contribution in [2.24, 2.45) is 0 Å². The molecule has 0 amide bonds. The lowest BCUT2D eigenvalue weighted by Gasteiger charge is -2.37. The van der Waals surface area contributed by atoms with Gasteiger partial charge in [-0.1, -0.05) is 11.6 Å². The lowest BCUT2D eigenvalue weighted by atomic mass is 9.91. The number of rotatable bonds is 2. The summed E-state index contributed by atoms with van der Waals surface area (Å²) in [4.78, 5) is 0. The first-order chi connectivity index (χ1) is 8.16. The second-order valence-electron chi connectivity index (χ2n) is 4.33. The smallest absolute Gasteiger partial charge is 0.137 e. The third kappa shape index (κ3) is 2.70. The first-order valence-corrected chi connectivity index (χ1v) is 7.15. The normalized spacial score (nSPS) is 28.4. The molecule has 1 saturated heterocycles. The zero-order valence-electron chi connectivity index (χ0n) is 9.74. The molecule has 1 aliphatic heterocycles. The first kappa shape index (κ1) is 12.6. The fraction of sp³-hybridized carbons (Fsp3) is 0.462. The number of thioether (sulfide) groups is 1. The van der Waals surface area contributed by atoms with Crippen LogP contribution in [0.25, 0.3) is 0 Å². The van der Waals surface area contributed by atoms with Gasteiger partial charge in [0.25, 0.3) is 0 Å². The molecule has 1 N–H and O–H groups in total. The van der Waals surface area contributed by atoms with E-state index in [4.69, 9.17) is 11.6 Å². The average molecular weight is 267 g/mol. The van der Waals surface area contributed by atoms with Crippen LogP contribution in [-0.2, 0) is 0 Å². The van der Waals surface area contributed by atoms with Crippen molar-refractivity contribution >= 4 is 29.1 Å². The van der Waals surface area contributed by atoms with Gasteiger partial charge in [0.2, 0.25) is 0 Å². The summed E-state index contributed by atoms with van der Waals surface area (Å²) in [6.07, 6.45) is 1.99. The highest BCUT2D eigenvalue weighted by Gasteiger charge is 2.39. The molecule has 1 fully saturated rings. The van der Waals surface area contributed by atoms with Crippen LogP contribution in [0.2, 0.25) is 5.02 Å². The topological polar surface area (TPSA) is 35.8 Å². The van der Waals surface area contributed by atoms with Gasteiger partial charge in [0.1, 0.15) is 5.54 Å². The molecule has 1 aliphatic rings. The van der Waals surface area contributed by atoms with Gasteiger partial charge in [0.15, 0.2) is 0 Å². The summed E-state index contributed by atoms with van der Waals surface area (Å²) < 4.78 is 0. The van der Waals surface area contributed by atoms with E-state index in [1.807, 2.05) is 36.0 Å². The van der Waals surface area contributed by atoms with Crippen molar-refractivity contribution in [2.45, 2.75) is 30.6 Å². The van der Waals surface area contributed by atoms with Crippen molar-refractivity contribution < 1.29 is 0 Å². The van der Waals surface area contributed by atoms with Crippen LogP contribution in [0.5, 0.6) is 0 Å². The summed E-state index contributed by atoms with van der Waals surface area (Å²) in [5.41, 5.74) is 0.516. The van der Waals surface area contributed by atoms with Crippen LogP contribution in [0.4, 0.5) is 5.69 Å². The second kappa shape index (κ2) is 5.20. The third-order valence-electron chi connectivity index (χ3n) is 3.19. The molecular formula is C13H15ClN2S. The van der Waals surface area contributed by atoms with Gasteiger partial charge in [-0.25, -0.2) is 0 Å². The number of halogens is 1. The molecule has 0 aromatic heterocycles. The number of nitrogens with one attached hydrogen (secondary N) is 1. The molecule has 0 aliphatic carbocycles. The molecule has 1 aromatic rings. The van der Waals surface area contributed by atoms with Gasteiger partial charge in [-0.2, -0.15) is 17.0 Å². The number of nitrogens with zero attached hydrogens (tertiary/aromatic N) is 1. The highest BCUT2D eigenvalue weighted by molar-refractivity contribution is 8.00. The SMILES string of the molecule is CC1SCCCC1(C#N)Nc1ccc(Cl)cc1. The summed E-state index contributed by atoms with van der Waals surface area (Å²) in [5, 5.41) is 13.9.